The molecule has 6 nitrogen and oxygen atoms in total. The maximum absolute atomic E-state index is 12.0. The second-order valence-electron chi connectivity index (χ2n) is 5.17. The molecule has 3 atom stereocenters. The van der Waals surface area contributed by atoms with E-state index < -0.39 is 23.3 Å². The molecule has 110 valence electrons. The number of esters is 3. The van der Waals surface area contributed by atoms with Crippen LogP contribution < -0.4 is 0 Å². The normalized spacial score (nSPS) is 30.8. The van der Waals surface area contributed by atoms with Crippen LogP contribution in [0.25, 0.3) is 0 Å². The zero-order valence-corrected chi connectivity index (χ0v) is 11.6. The molecule has 2 aliphatic rings. The van der Waals surface area contributed by atoms with Crippen molar-refractivity contribution in [1.29, 1.82) is 0 Å². The summed E-state index contributed by atoms with van der Waals surface area (Å²) in [5, 5.41) is 0. The maximum atomic E-state index is 12.0. The topological polar surface area (TPSA) is 78.9 Å². The number of hydrogen-bond acceptors (Lipinski definition) is 6. The van der Waals surface area contributed by atoms with Gasteiger partial charge in [0.25, 0.3) is 0 Å². The quantitative estimate of drug-likeness (QED) is 0.246. The Morgan fingerprint density at radius 3 is 2.90 bits per heavy atom. The van der Waals surface area contributed by atoms with E-state index in [0.29, 0.717) is 19.3 Å². The fourth-order valence-corrected chi connectivity index (χ4v) is 2.95. The number of hydrogen-bond donors (Lipinski definition) is 0. The molecule has 1 aliphatic heterocycles. The highest BCUT2D eigenvalue weighted by atomic mass is 16.6. The Morgan fingerprint density at radius 2 is 2.25 bits per heavy atom. The Balaban J connectivity index is 2.08. The number of carbonyl (C=O) groups is 3. The fourth-order valence-electron chi connectivity index (χ4n) is 2.95. The van der Waals surface area contributed by atoms with Gasteiger partial charge < -0.3 is 14.2 Å². The Bertz CT molecular complexity index is 455. The lowest BCUT2D eigenvalue weighted by Gasteiger charge is -2.37. The van der Waals surface area contributed by atoms with Gasteiger partial charge in [0.05, 0.1) is 13.7 Å². The van der Waals surface area contributed by atoms with Crippen molar-refractivity contribution in [2.24, 2.45) is 11.3 Å². The molecule has 1 heterocycles. The highest BCUT2D eigenvalue weighted by molar-refractivity contribution is 5.97. The fraction of sp³-hybridized carbons (Fsp3) is 0.643. The summed E-state index contributed by atoms with van der Waals surface area (Å²) in [5.74, 6) is -2.38. The molecule has 0 aromatic rings. The molecule has 0 N–H and O–H groups in total. The van der Waals surface area contributed by atoms with Gasteiger partial charge >= 0.3 is 17.9 Å². The third kappa shape index (κ3) is 2.69. The Kier molecular flexibility index (Phi) is 4.11. The molecule has 1 aliphatic carbocycles. The van der Waals surface area contributed by atoms with E-state index in [1.807, 2.05) is 12.2 Å². The zero-order valence-electron chi connectivity index (χ0n) is 11.6. The largest absolute Gasteiger partial charge is 0.468 e. The molecule has 20 heavy (non-hydrogen) atoms. The maximum Gasteiger partial charge on any atom is 0.321 e. The van der Waals surface area contributed by atoms with Crippen LogP contribution >= 0.6 is 0 Å². The van der Waals surface area contributed by atoms with Gasteiger partial charge in [0.1, 0.15) is 6.10 Å². The van der Waals surface area contributed by atoms with Crippen LogP contribution in [-0.2, 0) is 28.6 Å². The number of ether oxygens (including phenoxy) is 3. The van der Waals surface area contributed by atoms with Crippen LogP contribution in [-0.4, -0.2) is 37.7 Å². The summed E-state index contributed by atoms with van der Waals surface area (Å²) in [5.41, 5.74) is -0.576. The standard InChI is InChI=1S/C14H18O6/c1-9(15)19-7-3-5-14-6-4-10(8-14)20-13(17)11(14)12(16)18-2/h4,6,10-11H,3,5,7-8H2,1-2H3/t10-,11?,14+/m1/s1. The van der Waals surface area contributed by atoms with E-state index in [9.17, 15) is 14.4 Å². The summed E-state index contributed by atoms with van der Waals surface area (Å²) >= 11 is 0. The van der Waals surface area contributed by atoms with Gasteiger partial charge in [-0.25, -0.2) is 0 Å². The Morgan fingerprint density at radius 1 is 1.50 bits per heavy atom. The number of rotatable bonds is 5. The summed E-state index contributed by atoms with van der Waals surface area (Å²) in [6.07, 6.45) is 5.15. The predicted octanol–water partition coefficient (Wildman–Crippen LogP) is 0.991. The number of fused-ring (bicyclic) bond motifs is 2. The summed E-state index contributed by atoms with van der Waals surface area (Å²) in [7, 11) is 1.26. The number of allylic oxidation sites excluding steroid dienone is 1. The van der Waals surface area contributed by atoms with Crippen LogP contribution in [0, 0.1) is 11.3 Å². The van der Waals surface area contributed by atoms with Crippen molar-refractivity contribution in [3.8, 4) is 0 Å². The van der Waals surface area contributed by atoms with Crippen molar-refractivity contribution in [3.05, 3.63) is 12.2 Å². The minimum Gasteiger partial charge on any atom is -0.468 e. The van der Waals surface area contributed by atoms with Gasteiger partial charge in [0.15, 0.2) is 5.92 Å². The van der Waals surface area contributed by atoms with Crippen LogP contribution in [0.3, 0.4) is 0 Å². The van der Waals surface area contributed by atoms with Crippen LogP contribution in [0.4, 0.5) is 0 Å². The molecule has 2 bridgehead atoms. The third-order valence-electron chi connectivity index (χ3n) is 3.83. The lowest BCUT2D eigenvalue weighted by molar-refractivity contribution is -0.176. The molecule has 1 saturated heterocycles. The van der Waals surface area contributed by atoms with Crippen molar-refractivity contribution in [3.63, 3.8) is 0 Å². The molecule has 1 fully saturated rings. The lowest BCUT2D eigenvalue weighted by Crippen LogP contribution is -2.46. The first-order valence-electron chi connectivity index (χ1n) is 6.59. The van der Waals surface area contributed by atoms with E-state index in [4.69, 9.17) is 14.2 Å². The first-order valence-corrected chi connectivity index (χ1v) is 6.59. The predicted molar refractivity (Wildman–Crippen MR) is 67.4 cm³/mol. The number of carbonyl (C=O) groups excluding carboxylic acids is 3. The van der Waals surface area contributed by atoms with Crippen molar-refractivity contribution in [2.45, 2.75) is 32.3 Å². The number of methoxy groups -OCH3 is 1. The zero-order chi connectivity index (χ0) is 14.8. The van der Waals surface area contributed by atoms with Gasteiger partial charge in [-0.2, -0.15) is 0 Å². The summed E-state index contributed by atoms with van der Waals surface area (Å²) in [4.78, 5) is 34.6. The molecule has 0 aromatic carbocycles. The van der Waals surface area contributed by atoms with Gasteiger partial charge in [0, 0.05) is 12.3 Å². The average Bonchev–Trinajstić information content (AvgIpc) is 2.73. The van der Waals surface area contributed by atoms with E-state index >= 15 is 0 Å². The van der Waals surface area contributed by atoms with Crippen LogP contribution in [0.1, 0.15) is 26.2 Å². The summed E-state index contributed by atoms with van der Waals surface area (Å²) in [6.45, 7) is 1.62. The highest BCUT2D eigenvalue weighted by Gasteiger charge is 2.54. The van der Waals surface area contributed by atoms with Gasteiger partial charge in [-0.1, -0.05) is 6.08 Å². The highest BCUT2D eigenvalue weighted by Crippen LogP contribution is 2.49. The van der Waals surface area contributed by atoms with Gasteiger partial charge in [-0.05, 0) is 25.3 Å². The SMILES string of the molecule is COC(=O)C1C(=O)O[C@@H]2C=C[C@@]1(CCCOC(C)=O)C2. The minimum atomic E-state index is -0.931. The smallest absolute Gasteiger partial charge is 0.321 e. The molecule has 0 amide bonds. The molecule has 6 heteroatoms. The van der Waals surface area contributed by atoms with E-state index in [2.05, 4.69) is 0 Å². The Labute approximate surface area is 117 Å². The summed E-state index contributed by atoms with van der Waals surface area (Å²) in [6, 6.07) is 0. The van der Waals surface area contributed by atoms with E-state index in [-0.39, 0.29) is 18.7 Å². The van der Waals surface area contributed by atoms with Crippen molar-refractivity contribution in [1.82, 2.24) is 0 Å². The van der Waals surface area contributed by atoms with Crippen LogP contribution in [0.5, 0.6) is 0 Å². The molecular weight excluding hydrogens is 264 g/mol. The molecule has 0 radical (unpaired) electrons. The van der Waals surface area contributed by atoms with E-state index in [1.54, 1.807) is 0 Å². The first kappa shape index (κ1) is 14.6. The second-order valence-corrected chi connectivity index (χ2v) is 5.17. The Hall–Kier alpha value is -1.85. The molecule has 0 spiro atoms. The third-order valence-corrected chi connectivity index (χ3v) is 3.83. The summed E-state index contributed by atoms with van der Waals surface area (Å²) < 4.78 is 14.8. The molecule has 0 aromatic heterocycles. The molecule has 1 unspecified atom stereocenters. The van der Waals surface area contributed by atoms with Crippen LogP contribution in [0.2, 0.25) is 0 Å². The molecular formula is C14H18O6. The van der Waals surface area contributed by atoms with Crippen molar-refractivity contribution < 1.29 is 28.6 Å². The van der Waals surface area contributed by atoms with Gasteiger partial charge in [-0.3, -0.25) is 14.4 Å². The van der Waals surface area contributed by atoms with Gasteiger partial charge in [-0.15, -0.1) is 0 Å². The monoisotopic (exact) mass is 282 g/mol. The first-order chi connectivity index (χ1) is 9.48. The van der Waals surface area contributed by atoms with Crippen molar-refractivity contribution >= 4 is 17.9 Å². The average molecular weight is 282 g/mol. The van der Waals surface area contributed by atoms with Crippen LogP contribution in [0.15, 0.2) is 12.2 Å². The molecule has 0 saturated carbocycles. The minimum absolute atomic E-state index is 0.267. The van der Waals surface area contributed by atoms with E-state index in [0.717, 1.165) is 0 Å². The van der Waals surface area contributed by atoms with Crippen molar-refractivity contribution in [2.75, 3.05) is 13.7 Å². The molecule has 2 rings (SSSR count). The van der Waals surface area contributed by atoms with Gasteiger partial charge in [0.2, 0.25) is 0 Å². The van der Waals surface area contributed by atoms with E-state index in [1.165, 1.54) is 14.0 Å². The lowest BCUT2D eigenvalue weighted by atomic mass is 9.70. The second kappa shape index (κ2) is 5.64.